The standard InChI is InChI=1S/C11H18O3/c1-8-5-3-4-6-10(8)14-11(13)7-9(2)12/h8,10H,3-7H2,1-2H3/t8-,10-/m0/s1. The van der Waals surface area contributed by atoms with Crippen molar-refractivity contribution in [3.63, 3.8) is 0 Å². The third-order valence-electron chi connectivity index (χ3n) is 2.71. The second-order valence-corrected chi connectivity index (χ2v) is 4.17. The Labute approximate surface area is 84.8 Å². The van der Waals surface area contributed by atoms with Crippen molar-refractivity contribution >= 4 is 11.8 Å². The lowest BCUT2D eigenvalue weighted by Gasteiger charge is -2.28. The molecule has 0 spiro atoms. The molecule has 0 radical (unpaired) electrons. The third-order valence-corrected chi connectivity index (χ3v) is 2.71. The van der Waals surface area contributed by atoms with Crippen LogP contribution in [0.4, 0.5) is 0 Å². The summed E-state index contributed by atoms with van der Waals surface area (Å²) in [5.41, 5.74) is 0. The predicted molar refractivity (Wildman–Crippen MR) is 52.8 cm³/mol. The minimum Gasteiger partial charge on any atom is -0.462 e. The number of ketones is 1. The van der Waals surface area contributed by atoms with E-state index in [1.165, 1.54) is 13.3 Å². The highest BCUT2D eigenvalue weighted by atomic mass is 16.5. The number of carbonyl (C=O) groups is 2. The maximum atomic E-state index is 11.2. The molecule has 0 N–H and O–H groups in total. The lowest BCUT2D eigenvalue weighted by atomic mass is 9.88. The number of hydrogen-bond donors (Lipinski definition) is 0. The van der Waals surface area contributed by atoms with Gasteiger partial charge in [0.15, 0.2) is 0 Å². The van der Waals surface area contributed by atoms with Gasteiger partial charge >= 0.3 is 5.97 Å². The van der Waals surface area contributed by atoms with E-state index in [1.54, 1.807) is 0 Å². The number of carbonyl (C=O) groups excluding carboxylic acids is 2. The molecule has 0 bridgehead atoms. The van der Waals surface area contributed by atoms with E-state index in [4.69, 9.17) is 4.74 Å². The van der Waals surface area contributed by atoms with Crippen molar-refractivity contribution < 1.29 is 14.3 Å². The highest BCUT2D eigenvalue weighted by molar-refractivity contribution is 5.94. The van der Waals surface area contributed by atoms with Gasteiger partial charge in [0.25, 0.3) is 0 Å². The monoisotopic (exact) mass is 198 g/mol. The molecular weight excluding hydrogens is 180 g/mol. The van der Waals surface area contributed by atoms with Gasteiger partial charge in [0.2, 0.25) is 0 Å². The summed E-state index contributed by atoms with van der Waals surface area (Å²) in [6, 6.07) is 0. The number of esters is 1. The van der Waals surface area contributed by atoms with Gasteiger partial charge in [-0.1, -0.05) is 13.3 Å². The number of Topliss-reactive ketones (excluding diaryl/α,β-unsaturated/α-hetero) is 1. The van der Waals surface area contributed by atoms with Crippen molar-refractivity contribution in [2.45, 2.75) is 52.1 Å². The highest BCUT2D eigenvalue weighted by Crippen LogP contribution is 2.26. The molecule has 1 fully saturated rings. The molecule has 0 unspecified atom stereocenters. The first kappa shape index (κ1) is 11.2. The Morgan fingerprint density at radius 1 is 1.29 bits per heavy atom. The number of hydrogen-bond acceptors (Lipinski definition) is 3. The molecule has 3 nitrogen and oxygen atoms in total. The van der Waals surface area contributed by atoms with Crippen LogP contribution in [0.2, 0.25) is 0 Å². The lowest BCUT2D eigenvalue weighted by Crippen LogP contribution is -2.28. The summed E-state index contributed by atoms with van der Waals surface area (Å²) in [6.07, 6.45) is 4.38. The second-order valence-electron chi connectivity index (χ2n) is 4.17. The van der Waals surface area contributed by atoms with Gasteiger partial charge in [-0.2, -0.15) is 0 Å². The van der Waals surface area contributed by atoms with Gasteiger partial charge in [-0.05, 0) is 32.1 Å². The van der Waals surface area contributed by atoms with E-state index in [2.05, 4.69) is 6.92 Å². The summed E-state index contributed by atoms with van der Waals surface area (Å²) >= 11 is 0. The zero-order valence-electron chi connectivity index (χ0n) is 8.91. The minimum absolute atomic E-state index is 0.0376. The minimum atomic E-state index is -0.365. The van der Waals surface area contributed by atoms with Crippen molar-refractivity contribution in [2.24, 2.45) is 5.92 Å². The van der Waals surface area contributed by atoms with Gasteiger partial charge in [-0.3, -0.25) is 9.59 Å². The molecule has 1 aliphatic carbocycles. The van der Waals surface area contributed by atoms with E-state index in [0.717, 1.165) is 19.3 Å². The molecule has 0 aliphatic heterocycles. The van der Waals surface area contributed by atoms with E-state index >= 15 is 0 Å². The molecule has 0 amide bonds. The Hall–Kier alpha value is -0.860. The Morgan fingerprint density at radius 2 is 1.93 bits per heavy atom. The molecule has 1 rings (SSSR count). The van der Waals surface area contributed by atoms with Crippen LogP contribution in [-0.4, -0.2) is 17.9 Å². The van der Waals surface area contributed by atoms with Crippen LogP contribution in [0.25, 0.3) is 0 Å². The molecule has 14 heavy (non-hydrogen) atoms. The molecule has 2 atom stereocenters. The van der Waals surface area contributed by atoms with Crippen LogP contribution in [0, 0.1) is 5.92 Å². The fourth-order valence-corrected chi connectivity index (χ4v) is 1.87. The predicted octanol–water partition coefficient (Wildman–Crippen LogP) is 2.09. The molecule has 1 saturated carbocycles. The van der Waals surface area contributed by atoms with Gasteiger partial charge in [0.1, 0.15) is 18.3 Å². The lowest BCUT2D eigenvalue weighted by molar-refractivity contribution is -0.154. The van der Waals surface area contributed by atoms with Crippen LogP contribution < -0.4 is 0 Å². The van der Waals surface area contributed by atoms with E-state index in [1.807, 2.05) is 0 Å². The van der Waals surface area contributed by atoms with Crippen LogP contribution in [0.5, 0.6) is 0 Å². The zero-order chi connectivity index (χ0) is 10.6. The molecule has 0 aromatic heterocycles. The van der Waals surface area contributed by atoms with E-state index < -0.39 is 0 Å². The first-order chi connectivity index (χ1) is 6.59. The van der Waals surface area contributed by atoms with Crippen LogP contribution in [-0.2, 0) is 14.3 Å². The number of ether oxygens (including phenoxy) is 1. The Kier molecular flexibility index (Phi) is 4.11. The highest BCUT2D eigenvalue weighted by Gasteiger charge is 2.24. The summed E-state index contributed by atoms with van der Waals surface area (Å²) in [6.45, 7) is 3.51. The van der Waals surface area contributed by atoms with Crippen LogP contribution >= 0.6 is 0 Å². The summed E-state index contributed by atoms with van der Waals surface area (Å²) in [5.74, 6) is -0.0469. The smallest absolute Gasteiger partial charge is 0.313 e. The quantitative estimate of drug-likeness (QED) is 0.515. The van der Waals surface area contributed by atoms with E-state index in [0.29, 0.717) is 5.92 Å². The SMILES string of the molecule is CC(=O)CC(=O)O[C@H]1CCCC[C@@H]1C. The largest absolute Gasteiger partial charge is 0.462 e. The molecule has 0 aromatic rings. The van der Waals surface area contributed by atoms with Gasteiger partial charge in [0, 0.05) is 0 Å². The second kappa shape index (κ2) is 5.13. The molecule has 0 saturated heterocycles. The summed E-state index contributed by atoms with van der Waals surface area (Å²) in [7, 11) is 0. The van der Waals surface area contributed by atoms with Gasteiger partial charge in [0.05, 0.1) is 0 Å². The zero-order valence-corrected chi connectivity index (χ0v) is 8.91. The maximum Gasteiger partial charge on any atom is 0.313 e. The summed E-state index contributed by atoms with van der Waals surface area (Å²) < 4.78 is 5.25. The molecular formula is C11H18O3. The fraction of sp³-hybridized carbons (Fsp3) is 0.818. The molecule has 3 heteroatoms. The van der Waals surface area contributed by atoms with Crippen LogP contribution in [0.15, 0.2) is 0 Å². The van der Waals surface area contributed by atoms with Gasteiger partial charge < -0.3 is 4.74 Å². The fourth-order valence-electron chi connectivity index (χ4n) is 1.87. The first-order valence-corrected chi connectivity index (χ1v) is 5.28. The topological polar surface area (TPSA) is 43.4 Å². The molecule has 80 valence electrons. The molecule has 1 aliphatic rings. The Balaban J connectivity index is 2.34. The van der Waals surface area contributed by atoms with E-state index in [9.17, 15) is 9.59 Å². The Morgan fingerprint density at radius 3 is 2.50 bits per heavy atom. The van der Waals surface area contributed by atoms with Crippen molar-refractivity contribution in [1.29, 1.82) is 0 Å². The first-order valence-electron chi connectivity index (χ1n) is 5.28. The average molecular weight is 198 g/mol. The third kappa shape index (κ3) is 3.48. The maximum absolute atomic E-state index is 11.2. The van der Waals surface area contributed by atoms with Gasteiger partial charge in [-0.15, -0.1) is 0 Å². The van der Waals surface area contributed by atoms with Crippen LogP contribution in [0.1, 0.15) is 46.0 Å². The van der Waals surface area contributed by atoms with Crippen molar-refractivity contribution in [3.8, 4) is 0 Å². The molecule has 0 aromatic carbocycles. The van der Waals surface area contributed by atoms with Crippen molar-refractivity contribution in [2.75, 3.05) is 0 Å². The Bertz CT molecular complexity index is 223. The average Bonchev–Trinajstić information content (AvgIpc) is 2.07. The van der Waals surface area contributed by atoms with Crippen molar-refractivity contribution in [1.82, 2.24) is 0 Å². The summed E-state index contributed by atoms with van der Waals surface area (Å²) in [5, 5.41) is 0. The van der Waals surface area contributed by atoms with Crippen LogP contribution in [0.3, 0.4) is 0 Å². The summed E-state index contributed by atoms with van der Waals surface area (Å²) in [4.78, 5) is 21.9. The molecule has 0 heterocycles. The van der Waals surface area contributed by atoms with Gasteiger partial charge in [-0.25, -0.2) is 0 Å². The number of rotatable bonds is 3. The van der Waals surface area contributed by atoms with E-state index in [-0.39, 0.29) is 24.3 Å². The van der Waals surface area contributed by atoms with Crippen molar-refractivity contribution in [3.05, 3.63) is 0 Å². The normalized spacial score (nSPS) is 27.0.